The van der Waals surface area contributed by atoms with Crippen molar-refractivity contribution in [3.05, 3.63) is 0 Å². The van der Waals surface area contributed by atoms with Crippen molar-refractivity contribution in [1.29, 1.82) is 0 Å². The van der Waals surface area contributed by atoms with Gasteiger partial charge in [0.2, 0.25) is 5.91 Å². The van der Waals surface area contributed by atoms with Gasteiger partial charge in [-0.3, -0.25) is 4.79 Å². The van der Waals surface area contributed by atoms with Crippen LogP contribution in [0.4, 0.5) is 0 Å². The van der Waals surface area contributed by atoms with E-state index in [-0.39, 0.29) is 17.5 Å². The van der Waals surface area contributed by atoms with Gasteiger partial charge >= 0.3 is 0 Å². The van der Waals surface area contributed by atoms with E-state index in [0.29, 0.717) is 0 Å². The first-order valence-electron chi connectivity index (χ1n) is 5.73. The minimum absolute atomic E-state index is 0.157. The summed E-state index contributed by atoms with van der Waals surface area (Å²) in [6, 6.07) is -0.328. The Hall–Kier alpha value is -0.570. The van der Waals surface area contributed by atoms with Crippen molar-refractivity contribution in [2.75, 3.05) is 6.54 Å². The molecule has 80 valence electrons. The van der Waals surface area contributed by atoms with Gasteiger partial charge in [0, 0.05) is 12.1 Å². The quantitative estimate of drug-likeness (QED) is 0.686. The average molecular weight is 196 g/mol. The zero-order chi connectivity index (χ0) is 10.2. The lowest BCUT2D eigenvalue weighted by atomic mass is 9.94. The van der Waals surface area contributed by atoms with Crippen LogP contribution in [0.5, 0.6) is 0 Å². The molecule has 2 aliphatic rings. The van der Waals surface area contributed by atoms with Crippen molar-refractivity contribution in [3.8, 4) is 0 Å². The molecule has 1 saturated carbocycles. The van der Waals surface area contributed by atoms with Crippen LogP contribution in [0.2, 0.25) is 0 Å². The first-order valence-corrected chi connectivity index (χ1v) is 5.73. The highest BCUT2D eigenvalue weighted by Gasteiger charge is 2.45. The third kappa shape index (κ3) is 1.44. The number of rotatable bonds is 1. The van der Waals surface area contributed by atoms with E-state index < -0.39 is 0 Å². The summed E-state index contributed by atoms with van der Waals surface area (Å²) in [7, 11) is 0. The molecule has 3 nitrogen and oxygen atoms in total. The van der Waals surface area contributed by atoms with Crippen LogP contribution in [0.15, 0.2) is 0 Å². The standard InChI is InChI=1S/C11H20N2O/c1-9(12)10(14)13-8-4-7-11(13)5-2-3-6-11/h9H,2-8,12H2,1H3/t9-/m1/s1. The molecule has 14 heavy (non-hydrogen) atoms. The van der Waals surface area contributed by atoms with Gasteiger partial charge in [0.1, 0.15) is 0 Å². The van der Waals surface area contributed by atoms with Crippen LogP contribution in [0.1, 0.15) is 45.4 Å². The van der Waals surface area contributed by atoms with Gasteiger partial charge in [-0.1, -0.05) is 12.8 Å². The van der Waals surface area contributed by atoms with Crippen LogP contribution < -0.4 is 5.73 Å². The number of nitrogens with two attached hydrogens (primary N) is 1. The summed E-state index contributed by atoms with van der Waals surface area (Å²) < 4.78 is 0. The van der Waals surface area contributed by atoms with Crippen molar-refractivity contribution in [2.45, 2.75) is 57.0 Å². The topological polar surface area (TPSA) is 46.3 Å². The summed E-state index contributed by atoms with van der Waals surface area (Å²) in [6.45, 7) is 2.73. The summed E-state index contributed by atoms with van der Waals surface area (Å²) >= 11 is 0. The van der Waals surface area contributed by atoms with Gasteiger partial charge in [-0.15, -0.1) is 0 Å². The molecule has 2 fully saturated rings. The molecule has 1 spiro atoms. The van der Waals surface area contributed by atoms with E-state index in [9.17, 15) is 4.79 Å². The van der Waals surface area contributed by atoms with E-state index in [1.807, 2.05) is 0 Å². The molecule has 1 atom stereocenters. The Balaban J connectivity index is 2.14. The number of likely N-dealkylation sites (tertiary alicyclic amines) is 1. The van der Waals surface area contributed by atoms with E-state index >= 15 is 0 Å². The molecule has 2 N–H and O–H groups in total. The van der Waals surface area contributed by atoms with Gasteiger partial charge in [0.15, 0.2) is 0 Å². The molecule has 0 aromatic rings. The van der Waals surface area contributed by atoms with E-state index in [0.717, 1.165) is 6.54 Å². The lowest BCUT2D eigenvalue weighted by Gasteiger charge is -2.36. The molecule has 2 rings (SSSR count). The Morgan fingerprint density at radius 1 is 1.29 bits per heavy atom. The Bertz CT molecular complexity index is 226. The fourth-order valence-corrected chi connectivity index (χ4v) is 3.08. The molecule has 0 unspecified atom stereocenters. The summed E-state index contributed by atoms with van der Waals surface area (Å²) in [4.78, 5) is 14.0. The number of carbonyl (C=O) groups excluding carboxylic acids is 1. The minimum atomic E-state index is -0.328. The Morgan fingerprint density at radius 3 is 2.43 bits per heavy atom. The Morgan fingerprint density at radius 2 is 1.86 bits per heavy atom. The molecule has 0 bridgehead atoms. The van der Waals surface area contributed by atoms with Gasteiger partial charge < -0.3 is 10.6 Å². The lowest BCUT2D eigenvalue weighted by Crippen LogP contribution is -2.50. The molecule has 1 heterocycles. The Labute approximate surface area is 85.6 Å². The van der Waals surface area contributed by atoms with Gasteiger partial charge in [-0.2, -0.15) is 0 Å². The summed E-state index contributed by atoms with van der Waals surface area (Å²) in [5, 5.41) is 0. The third-order valence-corrected chi connectivity index (χ3v) is 3.79. The average Bonchev–Trinajstić information content (AvgIpc) is 2.76. The fourth-order valence-electron chi connectivity index (χ4n) is 3.08. The second kappa shape index (κ2) is 3.54. The molecule has 3 heteroatoms. The zero-order valence-electron chi connectivity index (χ0n) is 8.96. The number of hydrogen-bond acceptors (Lipinski definition) is 2. The lowest BCUT2D eigenvalue weighted by molar-refractivity contribution is -0.136. The number of carbonyl (C=O) groups is 1. The predicted molar refractivity (Wildman–Crippen MR) is 55.8 cm³/mol. The summed E-state index contributed by atoms with van der Waals surface area (Å²) in [6.07, 6.45) is 7.33. The first kappa shape index (κ1) is 9.97. The van der Waals surface area contributed by atoms with Crippen molar-refractivity contribution >= 4 is 5.91 Å². The SMILES string of the molecule is C[C@@H](N)C(=O)N1CCCC12CCCC2. The van der Waals surface area contributed by atoms with Gasteiger partial charge in [0.25, 0.3) is 0 Å². The normalized spacial score (nSPS) is 27.1. The highest BCUT2D eigenvalue weighted by atomic mass is 16.2. The molecular formula is C11H20N2O. The fraction of sp³-hybridized carbons (Fsp3) is 0.909. The maximum absolute atomic E-state index is 11.9. The summed E-state index contributed by atoms with van der Waals surface area (Å²) in [5.74, 6) is 0.157. The first-order chi connectivity index (χ1) is 6.66. The number of nitrogens with zero attached hydrogens (tertiary/aromatic N) is 1. The van der Waals surface area contributed by atoms with E-state index in [2.05, 4.69) is 4.90 Å². The highest BCUT2D eigenvalue weighted by Crippen LogP contribution is 2.43. The maximum atomic E-state index is 11.9. The number of amides is 1. The van der Waals surface area contributed by atoms with Crippen molar-refractivity contribution in [3.63, 3.8) is 0 Å². The zero-order valence-corrected chi connectivity index (χ0v) is 8.96. The van der Waals surface area contributed by atoms with Crippen LogP contribution in [0.3, 0.4) is 0 Å². The van der Waals surface area contributed by atoms with Crippen LogP contribution in [-0.2, 0) is 4.79 Å². The maximum Gasteiger partial charge on any atom is 0.239 e. The van der Waals surface area contributed by atoms with Crippen LogP contribution in [-0.4, -0.2) is 28.9 Å². The largest absolute Gasteiger partial charge is 0.336 e. The van der Waals surface area contributed by atoms with Crippen molar-refractivity contribution in [1.82, 2.24) is 4.90 Å². The second-order valence-corrected chi connectivity index (χ2v) is 4.81. The molecular weight excluding hydrogens is 176 g/mol. The van der Waals surface area contributed by atoms with Crippen molar-refractivity contribution < 1.29 is 4.79 Å². The van der Waals surface area contributed by atoms with Crippen LogP contribution in [0.25, 0.3) is 0 Å². The van der Waals surface area contributed by atoms with E-state index in [1.165, 1.54) is 38.5 Å². The smallest absolute Gasteiger partial charge is 0.239 e. The van der Waals surface area contributed by atoms with E-state index in [1.54, 1.807) is 6.92 Å². The third-order valence-electron chi connectivity index (χ3n) is 3.79. The van der Waals surface area contributed by atoms with Gasteiger partial charge in [-0.25, -0.2) is 0 Å². The Kier molecular flexibility index (Phi) is 2.52. The van der Waals surface area contributed by atoms with Gasteiger partial charge in [0.05, 0.1) is 6.04 Å². The summed E-state index contributed by atoms with van der Waals surface area (Å²) in [5.41, 5.74) is 5.89. The van der Waals surface area contributed by atoms with E-state index in [4.69, 9.17) is 5.73 Å². The molecule has 0 aromatic carbocycles. The molecule has 1 amide bonds. The second-order valence-electron chi connectivity index (χ2n) is 4.81. The minimum Gasteiger partial charge on any atom is -0.336 e. The van der Waals surface area contributed by atoms with Crippen LogP contribution in [0, 0.1) is 0 Å². The van der Waals surface area contributed by atoms with Gasteiger partial charge in [-0.05, 0) is 32.6 Å². The molecule has 1 aliphatic heterocycles. The molecule has 0 radical (unpaired) electrons. The highest BCUT2D eigenvalue weighted by molar-refractivity contribution is 5.82. The van der Waals surface area contributed by atoms with Crippen LogP contribution >= 0.6 is 0 Å². The van der Waals surface area contributed by atoms with Crippen molar-refractivity contribution in [2.24, 2.45) is 5.73 Å². The number of hydrogen-bond donors (Lipinski definition) is 1. The monoisotopic (exact) mass is 196 g/mol. The predicted octanol–water partition coefficient (Wildman–Crippen LogP) is 1.27. The molecule has 1 saturated heterocycles. The molecule has 0 aromatic heterocycles. The molecule has 1 aliphatic carbocycles.